The van der Waals surface area contributed by atoms with Crippen molar-refractivity contribution in [2.45, 2.75) is 38.3 Å². The van der Waals surface area contributed by atoms with E-state index in [4.69, 9.17) is 5.73 Å². The van der Waals surface area contributed by atoms with Crippen molar-refractivity contribution < 1.29 is 5.11 Å². The largest absolute Gasteiger partial charge is 0.391 e. The first-order valence-electron chi connectivity index (χ1n) is 3.65. The first kappa shape index (κ1) is 7.03. The van der Waals surface area contributed by atoms with E-state index in [9.17, 15) is 5.11 Å². The average Bonchev–Trinajstić information content (AvgIpc) is 1.60. The minimum absolute atomic E-state index is 0.0460. The van der Waals surface area contributed by atoms with Crippen molar-refractivity contribution in [2.24, 2.45) is 11.7 Å². The topological polar surface area (TPSA) is 46.2 Å². The highest BCUT2D eigenvalue weighted by molar-refractivity contribution is 4.81. The molecule has 0 heterocycles. The van der Waals surface area contributed by atoms with E-state index in [1.807, 2.05) is 6.92 Å². The smallest absolute Gasteiger partial charge is 0.0716 e. The molecule has 0 aromatic carbocycles. The summed E-state index contributed by atoms with van der Waals surface area (Å²) in [6, 6.07) is -0.0460. The van der Waals surface area contributed by atoms with Gasteiger partial charge in [0.2, 0.25) is 0 Å². The van der Waals surface area contributed by atoms with E-state index < -0.39 is 0 Å². The van der Waals surface area contributed by atoms with Gasteiger partial charge in [-0.2, -0.15) is 0 Å². The van der Waals surface area contributed by atoms with Crippen LogP contribution in [0.3, 0.4) is 0 Å². The fourth-order valence-corrected chi connectivity index (χ4v) is 1.21. The molecule has 1 aliphatic carbocycles. The third-order valence-electron chi connectivity index (χ3n) is 2.17. The molecule has 0 aromatic heterocycles. The monoisotopic (exact) mass is 129 g/mol. The Bertz CT molecular complexity index is 88.9. The summed E-state index contributed by atoms with van der Waals surface area (Å²) in [5.74, 6) is 0.505. The van der Waals surface area contributed by atoms with E-state index in [1.165, 1.54) is 19.3 Å². The molecule has 1 rings (SSSR count). The van der Waals surface area contributed by atoms with E-state index in [2.05, 4.69) is 0 Å². The van der Waals surface area contributed by atoms with Gasteiger partial charge in [0, 0.05) is 6.04 Å². The molecule has 9 heavy (non-hydrogen) atoms. The lowest BCUT2D eigenvalue weighted by molar-refractivity contribution is 0.0463. The molecule has 54 valence electrons. The Labute approximate surface area is 56.1 Å². The van der Waals surface area contributed by atoms with Crippen LogP contribution in [0.5, 0.6) is 0 Å². The van der Waals surface area contributed by atoms with Gasteiger partial charge in [-0.1, -0.05) is 6.42 Å². The van der Waals surface area contributed by atoms with Crippen LogP contribution in [-0.4, -0.2) is 17.3 Å². The predicted octanol–water partition coefficient (Wildman–Crippen LogP) is 0.495. The van der Waals surface area contributed by atoms with Crippen molar-refractivity contribution in [1.29, 1.82) is 0 Å². The standard InChI is InChI=1S/C7H15NO/c1-5(8)7(9)6-3-2-4-6/h5-7,9H,2-4,8H2,1H3. The quantitative estimate of drug-likeness (QED) is 0.570. The van der Waals surface area contributed by atoms with Crippen LogP contribution in [-0.2, 0) is 0 Å². The Morgan fingerprint density at radius 2 is 2.11 bits per heavy atom. The first-order chi connectivity index (χ1) is 4.22. The summed E-state index contributed by atoms with van der Waals surface area (Å²) in [5, 5.41) is 9.32. The predicted molar refractivity (Wildman–Crippen MR) is 37.0 cm³/mol. The summed E-state index contributed by atoms with van der Waals surface area (Å²) in [7, 11) is 0. The second-order valence-corrected chi connectivity index (χ2v) is 3.04. The normalized spacial score (nSPS) is 27.0. The number of hydrogen-bond donors (Lipinski definition) is 2. The highest BCUT2D eigenvalue weighted by atomic mass is 16.3. The van der Waals surface area contributed by atoms with Gasteiger partial charge in [-0.3, -0.25) is 0 Å². The van der Waals surface area contributed by atoms with Gasteiger partial charge >= 0.3 is 0 Å². The van der Waals surface area contributed by atoms with E-state index in [0.717, 1.165) is 0 Å². The third kappa shape index (κ3) is 1.43. The number of aliphatic hydroxyl groups is 1. The van der Waals surface area contributed by atoms with Crippen LogP contribution < -0.4 is 5.73 Å². The Kier molecular flexibility index (Phi) is 2.09. The molecule has 0 saturated heterocycles. The number of hydrogen-bond acceptors (Lipinski definition) is 2. The summed E-state index contributed by atoms with van der Waals surface area (Å²) in [6.45, 7) is 1.86. The minimum atomic E-state index is -0.251. The van der Waals surface area contributed by atoms with Gasteiger partial charge in [0.25, 0.3) is 0 Å². The van der Waals surface area contributed by atoms with Gasteiger partial charge in [0.05, 0.1) is 6.10 Å². The zero-order chi connectivity index (χ0) is 6.85. The Hall–Kier alpha value is -0.0800. The molecule has 0 aliphatic heterocycles. The second kappa shape index (κ2) is 2.67. The van der Waals surface area contributed by atoms with E-state index in [1.54, 1.807) is 0 Å². The summed E-state index contributed by atoms with van der Waals surface area (Å²) in [6.07, 6.45) is 3.36. The highest BCUT2D eigenvalue weighted by Gasteiger charge is 2.27. The minimum Gasteiger partial charge on any atom is -0.391 e. The molecule has 1 fully saturated rings. The maximum atomic E-state index is 9.32. The van der Waals surface area contributed by atoms with Gasteiger partial charge < -0.3 is 10.8 Å². The van der Waals surface area contributed by atoms with Gasteiger partial charge in [-0.05, 0) is 25.7 Å². The summed E-state index contributed by atoms with van der Waals surface area (Å²) in [4.78, 5) is 0. The van der Waals surface area contributed by atoms with Crippen LogP contribution in [0.4, 0.5) is 0 Å². The molecule has 2 heteroatoms. The molecule has 0 amide bonds. The van der Waals surface area contributed by atoms with Crippen LogP contribution >= 0.6 is 0 Å². The van der Waals surface area contributed by atoms with Crippen molar-refractivity contribution in [3.8, 4) is 0 Å². The molecule has 3 N–H and O–H groups in total. The highest BCUT2D eigenvalue weighted by Crippen LogP contribution is 2.30. The van der Waals surface area contributed by atoms with Gasteiger partial charge in [0.15, 0.2) is 0 Å². The molecule has 0 spiro atoms. The summed E-state index contributed by atoms with van der Waals surface area (Å²) in [5.41, 5.74) is 5.50. The lowest BCUT2D eigenvalue weighted by Gasteiger charge is -2.32. The molecule has 0 bridgehead atoms. The van der Waals surface area contributed by atoms with Crippen LogP contribution in [0.25, 0.3) is 0 Å². The Morgan fingerprint density at radius 3 is 2.22 bits per heavy atom. The fourth-order valence-electron chi connectivity index (χ4n) is 1.21. The van der Waals surface area contributed by atoms with E-state index in [-0.39, 0.29) is 12.1 Å². The number of nitrogens with two attached hydrogens (primary N) is 1. The lowest BCUT2D eigenvalue weighted by Crippen LogP contribution is -2.40. The van der Waals surface area contributed by atoms with Crippen LogP contribution in [0.2, 0.25) is 0 Å². The maximum absolute atomic E-state index is 9.32. The Morgan fingerprint density at radius 1 is 1.56 bits per heavy atom. The summed E-state index contributed by atoms with van der Waals surface area (Å²) >= 11 is 0. The number of aliphatic hydroxyl groups excluding tert-OH is 1. The van der Waals surface area contributed by atoms with Crippen LogP contribution in [0.15, 0.2) is 0 Å². The SMILES string of the molecule is CC(N)C(O)C1CCC1. The molecule has 2 atom stereocenters. The second-order valence-electron chi connectivity index (χ2n) is 3.04. The van der Waals surface area contributed by atoms with Crippen LogP contribution in [0.1, 0.15) is 26.2 Å². The molecular formula is C7H15NO. The first-order valence-corrected chi connectivity index (χ1v) is 3.65. The fraction of sp³-hybridized carbons (Fsp3) is 1.00. The van der Waals surface area contributed by atoms with Gasteiger partial charge in [-0.15, -0.1) is 0 Å². The molecule has 2 nitrogen and oxygen atoms in total. The molecule has 1 aliphatic rings. The summed E-state index contributed by atoms with van der Waals surface area (Å²) < 4.78 is 0. The zero-order valence-electron chi connectivity index (χ0n) is 5.88. The lowest BCUT2D eigenvalue weighted by atomic mass is 9.79. The van der Waals surface area contributed by atoms with Crippen molar-refractivity contribution >= 4 is 0 Å². The van der Waals surface area contributed by atoms with Crippen molar-refractivity contribution in [3.05, 3.63) is 0 Å². The third-order valence-corrected chi connectivity index (χ3v) is 2.17. The van der Waals surface area contributed by atoms with E-state index >= 15 is 0 Å². The van der Waals surface area contributed by atoms with Crippen molar-refractivity contribution in [3.63, 3.8) is 0 Å². The zero-order valence-corrected chi connectivity index (χ0v) is 5.88. The van der Waals surface area contributed by atoms with Crippen LogP contribution in [0, 0.1) is 5.92 Å². The maximum Gasteiger partial charge on any atom is 0.0716 e. The molecule has 0 radical (unpaired) electrons. The average molecular weight is 129 g/mol. The van der Waals surface area contributed by atoms with Gasteiger partial charge in [0.1, 0.15) is 0 Å². The molecule has 0 aromatic rings. The molecular weight excluding hydrogens is 114 g/mol. The van der Waals surface area contributed by atoms with Gasteiger partial charge in [-0.25, -0.2) is 0 Å². The van der Waals surface area contributed by atoms with Crippen molar-refractivity contribution in [2.75, 3.05) is 0 Å². The Balaban J connectivity index is 2.23. The number of rotatable bonds is 2. The molecule has 2 unspecified atom stereocenters. The van der Waals surface area contributed by atoms with E-state index in [0.29, 0.717) is 5.92 Å². The molecule has 1 saturated carbocycles. The van der Waals surface area contributed by atoms with Crippen molar-refractivity contribution in [1.82, 2.24) is 0 Å².